The number of H-pyrrole nitrogens is 1. The number of amides is 1. The molecule has 0 aromatic carbocycles. The second-order valence-corrected chi connectivity index (χ2v) is 7.66. The largest absolute Gasteiger partial charge is 0.335 e. The molecule has 0 radical (unpaired) electrons. The predicted molar refractivity (Wildman–Crippen MR) is 91.1 cm³/mol. The van der Waals surface area contributed by atoms with Crippen LogP contribution in [-0.2, 0) is 7.05 Å². The van der Waals surface area contributed by atoms with Gasteiger partial charge in [-0.1, -0.05) is 13.8 Å². The van der Waals surface area contributed by atoms with Crippen LogP contribution in [0.2, 0.25) is 0 Å². The number of rotatable bonds is 4. The van der Waals surface area contributed by atoms with E-state index < -0.39 is 0 Å². The molecule has 8 heteroatoms. The van der Waals surface area contributed by atoms with Crippen molar-refractivity contribution in [1.29, 1.82) is 0 Å². The van der Waals surface area contributed by atoms with Gasteiger partial charge in [0.2, 0.25) is 5.82 Å². The Morgan fingerprint density at radius 2 is 2.00 bits per heavy atom. The van der Waals surface area contributed by atoms with E-state index in [0.717, 1.165) is 18.2 Å². The molecule has 4 rings (SSSR count). The molecule has 0 spiro atoms. The van der Waals surface area contributed by atoms with Crippen molar-refractivity contribution in [1.82, 2.24) is 34.8 Å². The summed E-state index contributed by atoms with van der Waals surface area (Å²) in [5.74, 6) is 4.42. The lowest BCUT2D eigenvalue weighted by atomic mass is 9.91. The van der Waals surface area contributed by atoms with E-state index >= 15 is 0 Å². The van der Waals surface area contributed by atoms with E-state index in [9.17, 15) is 4.79 Å². The Labute approximate surface area is 147 Å². The molecule has 1 saturated carbocycles. The number of carbonyl (C=O) groups is 1. The summed E-state index contributed by atoms with van der Waals surface area (Å²) >= 11 is 0. The van der Waals surface area contributed by atoms with Crippen LogP contribution in [0.5, 0.6) is 0 Å². The summed E-state index contributed by atoms with van der Waals surface area (Å²) in [7, 11) is 1.77. The van der Waals surface area contributed by atoms with E-state index in [1.807, 2.05) is 4.90 Å². The number of aromatic amines is 1. The van der Waals surface area contributed by atoms with E-state index in [2.05, 4.69) is 34.1 Å². The number of carbonyl (C=O) groups excluding carboxylic acids is 1. The predicted octanol–water partition coefficient (Wildman–Crippen LogP) is 1.63. The average Bonchev–Trinajstić information content (AvgIpc) is 2.98. The molecular formula is C17H25N7O. The zero-order valence-corrected chi connectivity index (χ0v) is 15.2. The summed E-state index contributed by atoms with van der Waals surface area (Å²) in [5.41, 5.74) is 0. The van der Waals surface area contributed by atoms with Crippen LogP contribution >= 0.6 is 0 Å². The third-order valence-corrected chi connectivity index (χ3v) is 5.33. The Bertz CT molecular complexity index is 789. The van der Waals surface area contributed by atoms with Crippen molar-refractivity contribution in [3.63, 3.8) is 0 Å². The third kappa shape index (κ3) is 2.94. The van der Waals surface area contributed by atoms with Gasteiger partial charge in [0.1, 0.15) is 11.6 Å². The van der Waals surface area contributed by atoms with Crippen molar-refractivity contribution in [3.8, 4) is 0 Å². The van der Waals surface area contributed by atoms with Gasteiger partial charge in [0, 0.05) is 32.0 Å². The SMILES string of the molecule is Cc1nc(C(=O)N2C[C@H](c3nc(C(C)C)n[nH]3)[C@@H](C3CC3)C2)n(C)n1. The number of hydrogen-bond donors (Lipinski definition) is 1. The highest BCUT2D eigenvalue weighted by Crippen LogP contribution is 2.47. The number of hydrogen-bond acceptors (Lipinski definition) is 5. The molecule has 2 atom stereocenters. The number of nitrogens with zero attached hydrogens (tertiary/aromatic N) is 6. The summed E-state index contributed by atoms with van der Waals surface area (Å²) in [6.07, 6.45) is 2.49. The molecule has 134 valence electrons. The third-order valence-electron chi connectivity index (χ3n) is 5.33. The maximum Gasteiger partial charge on any atom is 0.291 e. The Hall–Kier alpha value is -2.25. The van der Waals surface area contributed by atoms with Crippen molar-refractivity contribution in [2.45, 2.75) is 45.4 Å². The molecule has 2 fully saturated rings. The van der Waals surface area contributed by atoms with Crippen LogP contribution in [0.15, 0.2) is 0 Å². The zero-order chi connectivity index (χ0) is 17.7. The Morgan fingerprint density at radius 3 is 2.56 bits per heavy atom. The van der Waals surface area contributed by atoms with Crippen molar-refractivity contribution >= 4 is 5.91 Å². The summed E-state index contributed by atoms with van der Waals surface area (Å²) in [6.45, 7) is 7.41. The maximum absolute atomic E-state index is 12.9. The monoisotopic (exact) mass is 343 g/mol. The first-order chi connectivity index (χ1) is 11.9. The fraction of sp³-hybridized carbons (Fsp3) is 0.706. The molecule has 0 bridgehead atoms. The van der Waals surface area contributed by atoms with Crippen molar-refractivity contribution in [2.24, 2.45) is 18.9 Å². The van der Waals surface area contributed by atoms with Gasteiger partial charge in [0.05, 0.1) is 0 Å². The van der Waals surface area contributed by atoms with Gasteiger partial charge in [0.25, 0.3) is 5.91 Å². The maximum atomic E-state index is 12.9. The van der Waals surface area contributed by atoms with Crippen LogP contribution in [0.25, 0.3) is 0 Å². The van der Waals surface area contributed by atoms with Crippen molar-refractivity contribution in [3.05, 3.63) is 23.3 Å². The molecule has 0 unspecified atom stereocenters. The van der Waals surface area contributed by atoms with Crippen LogP contribution in [-0.4, -0.2) is 53.8 Å². The topological polar surface area (TPSA) is 92.6 Å². The van der Waals surface area contributed by atoms with Crippen LogP contribution in [0, 0.1) is 18.8 Å². The molecule has 2 aliphatic rings. The van der Waals surface area contributed by atoms with E-state index in [1.165, 1.54) is 12.8 Å². The summed E-state index contributed by atoms with van der Waals surface area (Å²) in [6, 6.07) is 0. The number of nitrogens with one attached hydrogen (secondary N) is 1. The molecule has 2 aromatic heterocycles. The van der Waals surface area contributed by atoms with E-state index in [1.54, 1.807) is 18.7 Å². The lowest BCUT2D eigenvalue weighted by Gasteiger charge is -2.15. The second-order valence-electron chi connectivity index (χ2n) is 7.66. The fourth-order valence-corrected chi connectivity index (χ4v) is 3.84. The van der Waals surface area contributed by atoms with Gasteiger partial charge >= 0.3 is 0 Å². The first-order valence-electron chi connectivity index (χ1n) is 9.03. The first kappa shape index (κ1) is 16.2. The number of aromatic nitrogens is 6. The second kappa shape index (κ2) is 5.93. The first-order valence-corrected chi connectivity index (χ1v) is 9.03. The fourth-order valence-electron chi connectivity index (χ4n) is 3.84. The van der Waals surface area contributed by atoms with Crippen LogP contribution in [0.3, 0.4) is 0 Å². The van der Waals surface area contributed by atoms with Gasteiger partial charge in [-0.2, -0.15) is 10.2 Å². The van der Waals surface area contributed by atoms with Crippen molar-refractivity contribution < 1.29 is 4.79 Å². The van der Waals surface area contributed by atoms with Gasteiger partial charge in [-0.05, 0) is 31.6 Å². The molecule has 1 saturated heterocycles. The minimum Gasteiger partial charge on any atom is -0.335 e. The average molecular weight is 343 g/mol. The van der Waals surface area contributed by atoms with E-state index in [0.29, 0.717) is 35.9 Å². The quantitative estimate of drug-likeness (QED) is 0.911. The standard InChI is InChI=1S/C17H25N7O/c1-9(2)14-19-15(21-20-14)13-8-24(7-12(13)11-5-6-11)17(25)16-18-10(3)22-23(16)4/h9,11-13H,5-8H2,1-4H3,(H,19,20,21)/t12-,13+/m1/s1. The highest BCUT2D eigenvalue weighted by molar-refractivity contribution is 5.91. The van der Waals surface area contributed by atoms with Gasteiger partial charge in [-0.3, -0.25) is 9.89 Å². The van der Waals surface area contributed by atoms with E-state index in [4.69, 9.17) is 4.98 Å². The minimum atomic E-state index is -0.0418. The molecule has 1 amide bonds. The molecule has 8 nitrogen and oxygen atoms in total. The number of likely N-dealkylation sites (tertiary alicyclic amines) is 1. The molecule has 3 heterocycles. The highest BCUT2D eigenvalue weighted by atomic mass is 16.2. The van der Waals surface area contributed by atoms with Crippen molar-refractivity contribution in [2.75, 3.05) is 13.1 Å². The molecule has 1 aliphatic carbocycles. The Balaban J connectivity index is 1.58. The van der Waals surface area contributed by atoms with Crippen LogP contribution < -0.4 is 0 Å². The smallest absolute Gasteiger partial charge is 0.291 e. The molecule has 1 N–H and O–H groups in total. The zero-order valence-electron chi connectivity index (χ0n) is 15.2. The summed E-state index contributed by atoms with van der Waals surface area (Å²) < 4.78 is 1.57. The van der Waals surface area contributed by atoms with Gasteiger partial charge < -0.3 is 4.90 Å². The number of aryl methyl sites for hydroxylation is 2. The lowest BCUT2D eigenvalue weighted by molar-refractivity contribution is 0.0767. The van der Waals surface area contributed by atoms with Crippen LogP contribution in [0.4, 0.5) is 0 Å². The Morgan fingerprint density at radius 1 is 1.24 bits per heavy atom. The molecular weight excluding hydrogens is 318 g/mol. The van der Waals surface area contributed by atoms with E-state index in [-0.39, 0.29) is 11.8 Å². The van der Waals surface area contributed by atoms with Gasteiger partial charge in [-0.25, -0.2) is 14.6 Å². The summed E-state index contributed by atoms with van der Waals surface area (Å²) in [5, 5.41) is 11.7. The summed E-state index contributed by atoms with van der Waals surface area (Å²) in [4.78, 5) is 23.8. The normalized spacial score (nSPS) is 23.6. The van der Waals surface area contributed by atoms with Gasteiger partial charge in [-0.15, -0.1) is 0 Å². The Kier molecular flexibility index (Phi) is 3.85. The van der Waals surface area contributed by atoms with Crippen LogP contribution in [0.1, 0.15) is 66.6 Å². The molecule has 25 heavy (non-hydrogen) atoms. The minimum absolute atomic E-state index is 0.0418. The van der Waals surface area contributed by atoms with Gasteiger partial charge in [0.15, 0.2) is 5.82 Å². The molecule has 2 aromatic rings. The highest BCUT2D eigenvalue weighted by Gasteiger charge is 2.46. The lowest BCUT2D eigenvalue weighted by Crippen LogP contribution is -2.31. The molecule has 1 aliphatic heterocycles.